The van der Waals surface area contributed by atoms with Gasteiger partial charge >= 0.3 is 7.60 Å². The summed E-state index contributed by atoms with van der Waals surface area (Å²) in [6.45, 7) is 7.71. The molecule has 0 aromatic heterocycles. The largest absolute Gasteiger partial charge is 0.347 e. The smallest absolute Gasteiger partial charge is 0.317 e. The minimum Gasteiger partial charge on any atom is -0.317 e. The molecule has 4 nitrogen and oxygen atoms in total. The Kier molecular flexibility index (Phi) is 6.25. The van der Waals surface area contributed by atoms with E-state index in [-0.39, 0.29) is 0 Å². The molecule has 2 N–H and O–H groups in total. The van der Waals surface area contributed by atoms with Gasteiger partial charge in [-0.15, -0.1) is 6.58 Å². The monoisotopic (exact) mass is 207 g/mol. The average Bonchev–Trinajstić information content (AvgIpc) is 2.05. The Balaban J connectivity index is 4.36. The predicted octanol–water partition coefficient (Wildman–Crippen LogP) is 2.11. The van der Waals surface area contributed by atoms with Crippen LogP contribution in [-0.4, -0.2) is 19.0 Å². The van der Waals surface area contributed by atoms with Crippen LogP contribution in [0.2, 0.25) is 0 Å². The highest BCUT2D eigenvalue weighted by molar-refractivity contribution is 7.54. The topological polar surface area (TPSA) is 61.6 Å². The lowest BCUT2D eigenvalue weighted by Gasteiger charge is -2.21. The van der Waals surface area contributed by atoms with Crippen LogP contribution in [0, 0.1) is 0 Å². The molecule has 78 valence electrons. The van der Waals surface area contributed by atoms with E-state index in [1.165, 1.54) is 0 Å². The van der Waals surface area contributed by atoms with Gasteiger partial charge in [0.1, 0.15) is 5.78 Å². The van der Waals surface area contributed by atoms with Crippen LogP contribution >= 0.6 is 7.60 Å². The van der Waals surface area contributed by atoms with Crippen LogP contribution in [0.4, 0.5) is 0 Å². The molecule has 0 aliphatic rings. The Morgan fingerprint density at radius 2 is 1.92 bits per heavy atom. The van der Waals surface area contributed by atoms with E-state index in [0.29, 0.717) is 19.6 Å². The lowest BCUT2D eigenvalue weighted by Crippen LogP contribution is -2.22. The fraction of sp³-hybridized carbons (Fsp3) is 0.750. The van der Waals surface area contributed by atoms with Crippen LogP contribution in [-0.2, 0) is 13.6 Å². The van der Waals surface area contributed by atoms with Crippen LogP contribution < -0.4 is 5.73 Å². The third kappa shape index (κ3) is 4.05. The Labute approximate surface area is 79.6 Å². The maximum absolute atomic E-state index is 11.9. The summed E-state index contributed by atoms with van der Waals surface area (Å²) in [5.74, 6) is -0.607. The lowest BCUT2D eigenvalue weighted by atomic mass is 10.4. The van der Waals surface area contributed by atoms with Crippen molar-refractivity contribution >= 4 is 7.60 Å². The first kappa shape index (κ1) is 12.8. The second-order valence-electron chi connectivity index (χ2n) is 2.47. The fourth-order valence-corrected chi connectivity index (χ4v) is 2.47. The van der Waals surface area contributed by atoms with Gasteiger partial charge in [-0.05, 0) is 20.3 Å². The van der Waals surface area contributed by atoms with E-state index in [0.717, 1.165) is 0 Å². The molecule has 0 fully saturated rings. The molecule has 13 heavy (non-hydrogen) atoms. The molecule has 0 aromatic carbocycles. The summed E-state index contributed by atoms with van der Waals surface area (Å²) in [5.41, 5.74) is 5.65. The summed E-state index contributed by atoms with van der Waals surface area (Å²) in [4.78, 5) is 0. The molecule has 0 aliphatic carbocycles. The van der Waals surface area contributed by atoms with Crippen molar-refractivity contribution in [1.82, 2.24) is 0 Å². The Morgan fingerprint density at radius 3 is 2.23 bits per heavy atom. The van der Waals surface area contributed by atoms with E-state index < -0.39 is 13.4 Å². The van der Waals surface area contributed by atoms with Gasteiger partial charge in [-0.3, -0.25) is 4.57 Å². The molecule has 0 unspecified atom stereocenters. The SMILES string of the molecule is C=CC[C@@H](N)P(=O)(OCC)OCC. The summed E-state index contributed by atoms with van der Waals surface area (Å²) >= 11 is 0. The van der Waals surface area contributed by atoms with Crippen LogP contribution in [0.15, 0.2) is 12.7 Å². The van der Waals surface area contributed by atoms with Crippen molar-refractivity contribution in [2.45, 2.75) is 26.1 Å². The quantitative estimate of drug-likeness (QED) is 0.513. The maximum atomic E-state index is 11.9. The highest BCUT2D eigenvalue weighted by Crippen LogP contribution is 2.51. The van der Waals surface area contributed by atoms with Crippen molar-refractivity contribution in [2.24, 2.45) is 5.73 Å². The zero-order valence-corrected chi connectivity index (χ0v) is 9.13. The summed E-state index contributed by atoms with van der Waals surface area (Å²) in [5, 5.41) is 0. The van der Waals surface area contributed by atoms with Gasteiger partial charge in [-0.2, -0.15) is 0 Å². The molecule has 0 spiro atoms. The fourth-order valence-electron chi connectivity index (χ4n) is 0.888. The van der Waals surface area contributed by atoms with Crippen LogP contribution in [0.25, 0.3) is 0 Å². The van der Waals surface area contributed by atoms with E-state index in [9.17, 15) is 4.57 Å². The van der Waals surface area contributed by atoms with Gasteiger partial charge in [0.2, 0.25) is 0 Å². The number of hydrogen-bond donors (Lipinski definition) is 1. The van der Waals surface area contributed by atoms with E-state index in [2.05, 4.69) is 6.58 Å². The first-order valence-corrected chi connectivity index (χ1v) is 5.97. The zero-order chi connectivity index (χ0) is 10.3. The summed E-state index contributed by atoms with van der Waals surface area (Å²) in [6.07, 6.45) is 2.03. The van der Waals surface area contributed by atoms with Gasteiger partial charge in [0.05, 0.1) is 13.2 Å². The van der Waals surface area contributed by atoms with Gasteiger partial charge in [0, 0.05) is 0 Å². The highest BCUT2D eigenvalue weighted by atomic mass is 31.2. The second kappa shape index (κ2) is 6.33. The minimum absolute atomic E-state index is 0.335. The molecule has 0 heterocycles. The molecule has 1 atom stereocenters. The summed E-state index contributed by atoms with van der Waals surface area (Å²) in [6, 6.07) is 0. The van der Waals surface area contributed by atoms with E-state index >= 15 is 0 Å². The van der Waals surface area contributed by atoms with Gasteiger partial charge < -0.3 is 14.8 Å². The van der Waals surface area contributed by atoms with Crippen molar-refractivity contribution in [1.29, 1.82) is 0 Å². The molecule has 0 amide bonds. The molecule has 0 bridgehead atoms. The van der Waals surface area contributed by atoms with Gasteiger partial charge in [-0.25, -0.2) is 0 Å². The first-order chi connectivity index (χ1) is 6.10. The van der Waals surface area contributed by atoms with Gasteiger partial charge in [-0.1, -0.05) is 6.08 Å². The highest BCUT2D eigenvalue weighted by Gasteiger charge is 2.31. The van der Waals surface area contributed by atoms with E-state index in [1.807, 2.05) is 0 Å². The van der Waals surface area contributed by atoms with Crippen LogP contribution in [0.3, 0.4) is 0 Å². The molecule has 5 heteroatoms. The van der Waals surface area contributed by atoms with E-state index in [1.54, 1.807) is 19.9 Å². The zero-order valence-electron chi connectivity index (χ0n) is 8.23. The molecule has 0 saturated carbocycles. The Hall–Kier alpha value is -0.150. The lowest BCUT2D eigenvalue weighted by molar-refractivity contribution is 0.212. The van der Waals surface area contributed by atoms with Crippen molar-refractivity contribution < 1.29 is 13.6 Å². The Morgan fingerprint density at radius 1 is 1.46 bits per heavy atom. The molecular formula is C8H18NO3P. The number of hydrogen-bond acceptors (Lipinski definition) is 4. The first-order valence-electron chi connectivity index (χ1n) is 4.36. The average molecular weight is 207 g/mol. The van der Waals surface area contributed by atoms with Crippen molar-refractivity contribution in [2.75, 3.05) is 13.2 Å². The van der Waals surface area contributed by atoms with Crippen molar-refractivity contribution in [3.8, 4) is 0 Å². The Bertz CT molecular complexity index is 186. The maximum Gasteiger partial charge on any atom is 0.347 e. The molecular weight excluding hydrogens is 189 g/mol. The van der Waals surface area contributed by atoms with Gasteiger partial charge in [0.15, 0.2) is 0 Å². The summed E-state index contributed by atoms with van der Waals surface area (Å²) < 4.78 is 22.0. The second-order valence-corrected chi connectivity index (χ2v) is 4.73. The molecule has 0 saturated heterocycles. The van der Waals surface area contributed by atoms with Crippen molar-refractivity contribution in [3.05, 3.63) is 12.7 Å². The predicted molar refractivity (Wildman–Crippen MR) is 53.6 cm³/mol. The number of nitrogens with two attached hydrogens (primary N) is 1. The molecule has 0 aromatic rings. The normalized spacial score (nSPS) is 14.1. The summed E-state index contributed by atoms with van der Waals surface area (Å²) in [7, 11) is -3.12. The molecule has 0 aliphatic heterocycles. The molecule has 0 rings (SSSR count). The van der Waals surface area contributed by atoms with Gasteiger partial charge in [0.25, 0.3) is 0 Å². The van der Waals surface area contributed by atoms with Crippen molar-refractivity contribution in [3.63, 3.8) is 0 Å². The molecule has 0 radical (unpaired) electrons. The minimum atomic E-state index is -3.12. The van der Waals surface area contributed by atoms with E-state index in [4.69, 9.17) is 14.8 Å². The standard InChI is InChI=1S/C8H18NO3P/c1-4-7-8(9)13(10,11-5-2)12-6-3/h4,8H,1,5-7,9H2,2-3H3/t8-/m0/s1. The number of rotatable bonds is 7. The van der Waals surface area contributed by atoms with Crippen LogP contribution in [0.1, 0.15) is 20.3 Å². The third-order valence-electron chi connectivity index (χ3n) is 1.43. The van der Waals surface area contributed by atoms with Crippen LogP contribution in [0.5, 0.6) is 0 Å². The third-order valence-corrected chi connectivity index (χ3v) is 3.69.